The summed E-state index contributed by atoms with van der Waals surface area (Å²) in [5, 5.41) is 7.57. The molecule has 0 atom stereocenters. The van der Waals surface area contributed by atoms with Gasteiger partial charge >= 0.3 is 6.03 Å². The summed E-state index contributed by atoms with van der Waals surface area (Å²) in [5.74, 6) is -0.288. The number of urea groups is 1. The molecule has 0 bridgehead atoms. The molecule has 3 aromatic rings. The lowest BCUT2D eigenvalue weighted by molar-refractivity contribution is 0.255. The van der Waals surface area contributed by atoms with E-state index in [-0.39, 0.29) is 11.8 Å². The number of hydrogen-bond donors (Lipinski definition) is 2. The summed E-state index contributed by atoms with van der Waals surface area (Å²) in [6.07, 6.45) is 3.21. The largest absolute Gasteiger partial charge is 0.323 e. The molecule has 0 saturated carbocycles. The van der Waals surface area contributed by atoms with Crippen molar-refractivity contribution in [2.24, 2.45) is 0 Å². The maximum absolute atomic E-state index is 12.8. The molecule has 114 valence electrons. The van der Waals surface area contributed by atoms with Gasteiger partial charge in [-0.1, -0.05) is 42.5 Å². The van der Waals surface area contributed by atoms with E-state index in [4.69, 9.17) is 0 Å². The van der Waals surface area contributed by atoms with Gasteiger partial charge in [0.05, 0.1) is 0 Å². The Morgan fingerprint density at radius 2 is 1.65 bits per heavy atom. The summed E-state index contributed by atoms with van der Waals surface area (Å²) in [6.45, 7) is 0. The molecule has 0 radical (unpaired) electrons. The SMILES string of the molecule is O=C(N/C=C/c1ccc(F)cc1)Nc1ccc2ccccc2c1. The van der Waals surface area contributed by atoms with Gasteiger partial charge in [0.2, 0.25) is 0 Å². The van der Waals surface area contributed by atoms with Crippen LogP contribution in [0.4, 0.5) is 14.9 Å². The predicted molar refractivity (Wildman–Crippen MR) is 91.5 cm³/mol. The molecule has 0 aliphatic rings. The normalized spacial score (nSPS) is 10.8. The average Bonchev–Trinajstić information content (AvgIpc) is 2.56. The van der Waals surface area contributed by atoms with Crippen molar-refractivity contribution < 1.29 is 9.18 Å². The minimum atomic E-state index is -0.335. The molecule has 0 fully saturated rings. The summed E-state index contributed by atoms with van der Waals surface area (Å²) in [5.41, 5.74) is 1.52. The van der Waals surface area contributed by atoms with Crippen LogP contribution < -0.4 is 10.6 Å². The van der Waals surface area contributed by atoms with Gasteiger partial charge in [-0.3, -0.25) is 0 Å². The van der Waals surface area contributed by atoms with Crippen molar-refractivity contribution in [3.8, 4) is 0 Å². The smallest absolute Gasteiger partial charge is 0.314 e. The number of rotatable bonds is 3. The average molecular weight is 306 g/mol. The quantitative estimate of drug-likeness (QED) is 0.719. The monoisotopic (exact) mass is 306 g/mol. The number of fused-ring (bicyclic) bond motifs is 1. The molecular formula is C19H15FN2O. The predicted octanol–water partition coefficient (Wildman–Crippen LogP) is 4.77. The minimum Gasteiger partial charge on any atom is -0.314 e. The number of carbonyl (C=O) groups excluding carboxylic acids is 1. The summed E-state index contributed by atoms with van der Waals surface area (Å²) >= 11 is 0. The number of anilines is 1. The van der Waals surface area contributed by atoms with Gasteiger partial charge in [-0.15, -0.1) is 0 Å². The molecule has 0 aliphatic heterocycles. The van der Waals surface area contributed by atoms with Gasteiger partial charge in [0.1, 0.15) is 5.82 Å². The lowest BCUT2D eigenvalue weighted by atomic mass is 10.1. The highest BCUT2D eigenvalue weighted by molar-refractivity contribution is 5.94. The van der Waals surface area contributed by atoms with Gasteiger partial charge in [-0.25, -0.2) is 9.18 Å². The maximum Gasteiger partial charge on any atom is 0.323 e. The highest BCUT2D eigenvalue weighted by Crippen LogP contribution is 2.18. The van der Waals surface area contributed by atoms with Crippen LogP contribution in [0.25, 0.3) is 16.8 Å². The summed E-state index contributed by atoms with van der Waals surface area (Å²) in [7, 11) is 0. The molecule has 3 nitrogen and oxygen atoms in total. The highest BCUT2D eigenvalue weighted by atomic mass is 19.1. The van der Waals surface area contributed by atoms with E-state index in [1.165, 1.54) is 18.3 Å². The highest BCUT2D eigenvalue weighted by Gasteiger charge is 2.00. The van der Waals surface area contributed by atoms with Crippen LogP contribution in [0.2, 0.25) is 0 Å². The third-order valence-corrected chi connectivity index (χ3v) is 3.37. The molecule has 2 amide bonds. The maximum atomic E-state index is 12.8. The van der Waals surface area contributed by atoms with Crippen LogP contribution in [0.5, 0.6) is 0 Å². The first-order valence-electron chi connectivity index (χ1n) is 7.19. The van der Waals surface area contributed by atoms with Crippen molar-refractivity contribution in [3.63, 3.8) is 0 Å². The standard InChI is InChI=1S/C19H15FN2O/c20-17-8-5-14(6-9-17)11-12-21-19(23)22-18-10-7-15-3-1-2-4-16(15)13-18/h1-13H,(H2,21,22,23)/b12-11+. The van der Waals surface area contributed by atoms with Crippen molar-refractivity contribution in [2.45, 2.75) is 0 Å². The Kier molecular flexibility index (Phi) is 4.34. The zero-order valence-electron chi connectivity index (χ0n) is 12.3. The van der Waals surface area contributed by atoms with Gasteiger partial charge in [0.25, 0.3) is 0 Å². The van der Waals surface area contributed by atoms with Crippen LogP contribution in [0.15, 0.2) is 72.9 Å². The number of nitrogens with one attached hydrogen (secondary N) is 2. The second-order valence-electron chi connectivity index (χ2n) is 5.05. The van der Waals surface area contributed by atoms with E-state index in [2.05, 4.69) is 10.6 Å². The summed E-state index contributed by atoms with van der Waals surface area (Å²) in [4.78, 5) is 11.9. The van der Waals surface area contributed by atoms with E-state index in [1.807, 2.05) is 42.5 Å². The Bertz CT molecular complexity index is 857. The molecule has 3 rings (SSSR count). The fourth-order valence-electron chi connectivity index (χ4n) is 2.22. The van der Waals surface area contributed by atoms with E-state index >= 15 is 0 Å². The van der Waals surface area contributed by atoms with Gasteiger partial charge < -0.3 is 10.6 Å². The Morgan fingerprint density at radius 3 is 2.43 bits per heavy atom. The molecule has 0 saturated heterocycles. The zero-order chi connectivity index (χ0) is 16.1. The Morgan fingerprint density at radius 1 is 0.913 bits per heavy atom. The molecule has 0 unspecified atom stereocenters. The molecule has 2 N–H and O–H groups in total. The third-order valence-electron chi connectivity index (χ3n) is 3.37. The van der Waals surface area contributed by atoms with E-state index in [0.717, 1.165) is 22.0 Å². The third kappa shape index (κ3) is 3.95. The fraction of sp³-hybridized carbons (Fsp3) is 0. The molecule has 0 spiro atoms. The van der Waals surface area contributed by atoms with Crippen molar-refractivity contribution in [1.82, 2.24) is 5.32 Å². The van der Waals surface area contributed by atoms with Gasteiger partial charge in [0, 0.05) is 11.9 Å². The molecule has 23 heavy (non-hydrogen) atoms. The Hall–Kier alpha value is -3.14. The Balaban J connectivity index is 1.60. The fourth-order valence-corrected chi connectivity index (χ4v) is 2.22. The molecule has 0 aliphatic carbocycles. The first kappa shape index (κ1) is 14.8. The summed E-state index contributed by atoms with van der Waals surface area (Å²) in [6, 6.07) is 19.3. The second kappa shape index (κ2) is 6.75. The first-order chi connectivity index (χ1) is 11.2. The van der Waals surface area contributed by atoms with Crippen LogP contribution >= 0.6 is 0 Å². The molecule has 0 aromatic heterocycles. The molecule has 4 heteroatoms. The van der Waals surface area contributed by atoms with Crippen LogP contribution in [0.3, 0.4) is 0 Å². The summed E-state index contributed by atoms with van der Waals surface area (Å²) < 4.78 is 12.8. The van der Waals surface area contributed by atoms with Gasteiger partial charge in [-0.2, -0.15) is 0 Å². The van der Waals surface area contributed by atoms with Crippen LogP contribution in [-0.2, 0) is 0 Å². The lowest BCUT2D eigenvalue weighted by Crippen LogP contribution is -2.23. The number of amides is 2. The van der Waals surface area contributed by atoms with Crippen LogP contribution in [0.1, 0.15) is 5.56 Å². The lowest BCUT2D eigenvalue weighted by Gasteiger charge is -2.06. The molecule has 3 aromatic carbocycles. The van der Waals surface area contributed by atoms with Gasteiger partial charge in [-0.05, 0) is 46.7 Å². The number of benzene rings is 3. The van der Waals surface area contributed by atoms with Crippen LogP contribution in [-0.4, -0.2) is 6.03 Å². The minimum absolute atomic E-state index is 0.288. The van der Waals surface area contributed by atoms with Crippen molar-refractivity contribution in [3.05, 3.63) is 84.3 Å². The first-order valence-corrected chi connectivity index (χ1v) is 7.19. The topological polar surface area (TPSA) is 41.1 Å². The van der Waals surface area contributed by atoms with E-state index in [9.17, 15) is 9.18 Å². The number of halogens is 1. The second-order valence-corrected chi connectivity index (χ2v) is 5.05. The number of carbonyl (C=O) groups is 1. The van der Waals surface area contributed by atoms with Crippen LogP contribution in [0, 0.1) is 5.82 Å². The van der Waals surface area contributed by atoms with E-state index in [0.29, 0.717) is 0 Å². The van der Waals surface area contributed by atoms with Crippen molar-refractivity contribution >= 4 is 28.6 Å². The Labute approximate surface area is 133 Å². The van der Waals surface area contributed by atoms with E-state index < -0.39 is 0 Å². The zero-order valence-corrected chi connectivity index (χ0v) is 12.3. The van der Waals surface area contributed by atoms with E-state index in [1.54, 1.807) is 18.2 Å². The van der Waals surface area contributed by atoms with Gasteiger partial charge in [0.15, 0.2) is 0 Å². The number of hydrogen-bond acceptors (Lipinski definition) is 1. The van der Waals surface area contributed by atoms with Crippen molar-refractivity contribution in [1.29, 1.82) is 0 Å². The molecule has 0 heterocycles. The molecular weight excluding hydrogens is 291 g/mol. The van der Waals surface area contributed by atoms with Crippen molar-refractivity contribution in [2.75, 3.05) is 5.32 Å².